The summed E-state index contributed by atoms with van der Waals surface area (Å²) in [5.41, 5.74) is 2.81. The van der Waals surface area contributed by atoms with Crippen LogP contribution in [0.1, 0.15) is 16.7 Å². The summed E-state index contributed by atoms with van der Waals surface area (Å²) >= 11 is 7.50. The zero-order valence-electron chi connectivity index (χ0n) is 7.67. The fraction of sp³-hybridized carbons (Fsp3) is 0.182. The molecule has 0 aliphatic rings. The number of aryl methyl sites for hydroxylation is 1. The highest BCUT2D eigenvalue weighted by molar-refractivity contribution is 7.17. The van der Waals surface area contributed by atoms with Crippen molar-refractivity contribution in [3.05, 3.63) is 34.2 Å². The van der Waals surface area contributed by atoms with E-state index in [0.717, 1.165) is 15.8 Å². The van der Waals surface area contributed by atoms with Crippen LogP contribution in [0.2, 0.25) is 0 Å². The van der Waals surface area contributed by atoms with E-state index in [4.69, 9.17) is 16.9 Å². The quantitative estimate of drug-likeness (QED) is 0.672. The fourth-order valence-electron chi connectivity index (χ4n) is 1.59. The summed E-state index contributed by atoms with van der Waals surface area (Å²) in [6.45, 7) is 2.02. The number of benzene rings is 1. The topological polar surface area (TPSA) is 23.8 Å². The Morgan fingerprint density at radius 1 is 1.57 bits per heavy atom. The van der Waals surface area contributed by atoms with Gasteiger partial charge in [-0.05, 0) is 35.4 Å². The molecule has 0 saturated heterocycles. The summed E-state index contributed by atoms with van der Waals surface area (Å²) < 4.78 is 1.15. The Bertz CT molecular complexity index is 522. The molecule has 0 spiro atoms. The first-order valence-corrected chi connectivity index (χ1v) is 5.65. The van der Waals surface area contributed by atoms with Gasteiger partial charge >= 0.3 is 0 Å². The van der Waals surface area contributed by atoms with Crippen LogP contribution in [0.15, 0.2) is 17.5 Å². The number of thiophene rings is 1. The molecule has 70 valence electrons. The predicted molar refractivity (Wildman–Crippen MR) is 60.8 cm³/mol. The molecule has 0 amide bonds. The molecule has 0 aliphatic carbocycles. The summed E-state index contributed by atoms with van der Waals surface area (Å²) in [7, 11) is 0. The Kier molecular flexibility index (Phi) is 2.45. The van der Waals surface area contributed by atoms with E-state index < -0.39 is 0 Å². The summed E-state index contributed by atoms with van der Waals surface area (Å²) in [5.74, 6) is 0.403. The lowest BCUT2D eigenvalue weighted by atomic mass is 10.0. The molecule has 0 bridgehead atoms. The standard InChI is InChI=1S/C11H8ClNS/c1-7-4-8(6-13)10(5-12)11-9(7)2-3-14-11/h2-4H,5H2,1H3. The van der Waals surface area contributed by atoms with Crippen molar-refractivity contribution >= 4 is 33.0 Å². The van der Waals surface area contributed by atoms with Gasteiger partial charge in [-0.3, -0.25) is 0 Å². The van der Waals surface area contributed by atoms with Gasteiger partial charge in [0.25, 0.3) is 0 Å². The summed E-state index contributed by atoms with van der Waals surface area (Å²) in [4.78, 5) is 0. The molecular formula is C11H8ClNS. The lowest BCUT2D eigenvalue weighted by Gasteiger charge is -2.04. The fourth-order valence-corrected chi connectivity index (χ4v) is 2.97. The van der Waals surface area contributed by atoms with Crippen LogP contribution in [0.25, 0.3) is 10.1 Å². The van der Waals surface area contributed by atoms with E-state index >= 15 is 0 Å². The number of halogens is 1. The average Bonchev–Trinajstić information content (AvgIpc) is 2.66. The van der Waals surface area contributed by atoms with Gasteiger partial charge in [0.15, 0.2) is 0 Å². The first-order valence-electron chi connectivity index (χ1n) is 4.23. The third-order valence-corrected chi connectivity index (χ3v) is 3.55. The van der Waals surface area contributed by atoms with E-state index in [9.17, 15) is 0 Å². The molecule has 3 heteroatoms. The minimum absolute atomic E-state index is 0.403. The van der Waals surface area contributed by atoms with Gasteiger partial charge in [0.1, 0.15) is 0 Å². The molecule has 2 aromatic rings. The van der Waals surface area contributed by atoms with Crippen molar-refractivity contribution in [2.75, 3.05) is 0 Å². The van der Waals surface area contributed by atoms with E-state index in [1.807, 2.05) is 18.4 Å². The molecule has 1 heterocycles. The highest BCUT2D eigenvalue weighted by atomic mass is 35.5. The van der Waals surface area contributed by atoms with Gasteiger partial charge in [0, 0.05) is 10.3 Å². The number of fused-ring (bicyclic) bond motifs is 1. The van der Waals surface area contributed by atoms with Crippen molar-refractivity contribution in [1.29, 1.82) is 5.26 Å². The molecule has 0 saturated carbocycles. The Morgan fingerprint density at radius 3 is 3.00 bits per heavy atom. The Labute approximate surface area is 91.5 Å². The SMILES string of the molecule is Cc1cc(C#N)c(CCl)c2sccc12. The van der Waals surface area contributed by atoms with E-state index in [-0.39, 0.29) is 0 Å². The number of hydrogen-bond acceptors (Lipinski definition) is 2. The average molecular weight is 222 g/mol. The predicted octanol–water partition coefficient (Wildman–Crippen LogP) is 3.82. The second-order valence-electron chi connectivity index (χ2n) is 3.13. The minimum Gasteiger partial charge on any atom is -0.192 e. The highest BCUT2D eigenvalue weighted by Gasteiger charge is 2.09. The van der Waals surface area contributed by atoms with Crippen molar-refractivity contribution in [3.63, 3.8) is 0 Å². The zero-order chi connectivity index (χ0) is 10.1. The normalized spacial score (nSPS) is 10.4. The van der Waals surface area contributed by atoms with E-state index in [1.165, 1.54) is 5.39 Å². The van der Waals surface area contributed by atoms with Crippen molar-refractivity contribution in [2.24, 2.45) is 0 Å². The van der Waals surface area contributed by atoms with Gasteiger partial charge in [-0.25, -0.2) is 0 Å². The van der Waals surface area contributed by atoms with Gasteiger partial charge in [-0.1, -0.05) is 0 Å². The molecule has 1 nitrogen and oxygen atoms in total. The lowest BCUT2D eigenvalue weighted by Crippen LogP contribution is -1.88. The number of nitriles is 1. The smallest absolute Gasteiger partial charge is 0.0995 e. The number of nitrogens with zero attached hydrogens (tertiary/aromatic N) is 1. The second kappa shape index (κ2) is 3.61. The van der Waals surface area contributed by atoms with Crippen LogP contribution < -0.4 is 0 Å². The molecule has 1 aromatic carbocycles. The lowest BCUT2D eigenvalue weighted by molar-refractivity contribution is 1.37. The molecule has 0 fully saturated rings. The third-order valence-electron chi connectivity index (χ3n) is 2.30. The number of hydrogen-bond donors (Lipinski definition) is 0. The van der Waals surface area contributed by atoms with Gasteiger partial charge in [-0.15, -0.1) is 22.9 Å². The summed E-state index contributed by atoms with van der Waals surface area (Å²) in [5, 5.41) is 12.2. The van der Waals surface area contributed by atoms with Crippen molar-refractivity contribution < 1.29 is 0 Å². The van der Waals surface area contributed by atoms with Crippen LogP contribution in [0.3, 0.4) is 0 Å². The minimum atomic E-state index is 0.403. The van der Waals surface area contributed by atoms with Crippen molar-refractivity contribution in [2.45, 2.75) is 12.8 Å². The van der Waals surface area contributed by atoms with Crippen molar-refractivity contribution in [3.8, 4) is 6.07 Å². The molecule has 14 heavy (non-hydrogen) atoms. The monoisotopic (exact) mass is 221 g/mol. The van der Waals surface area contributed by atoms with Crippen LogP contribution in [-0.4, -0.2) is 0 Å². The largest absolute Gasteiger partial charge is 0.192 e. The van der Waals surface area contributed by atoms with Gasteiger partial charge in [0.2, 0.25) is 0 Å². The van der Waals surface area contributed by atoms with Gasteiger partial charge in [-0.2, -0.15) is 5.26 Å². The van der Waals surface area contributed by atoms with E-state index in [2.05, 4.69) is 12.1 Å². The van der Waals surface area contributed by atoms with Crippen LogP contribution in [0, 0.1) is 18.3 Å². The first-order chi connectivity index (χ1) is 6.77. The molecule has 2 rings (SSSR count). The van der Waals surface area contributed by atoms with E-state index in [1.54, 1.807) is 11.3 Å². The Morgan fingerprint density at radius 2 is 2.36 bits per heavy atom. The van der Waals surface area contributed by atoms with Gasteiger partial charge in [0.05, 0.1) is 17.5 Å². The second-order valence-corrected chi connectivity index (χ2v) is 4.31. The maximum atomic E-state index is 8.97. The Hall–Kier alpha value is -1.04. The molecule has 1 aromatic heterocycles. The number of alkyl halides is 1. The van der Waals surface area contributed by atoms with Crippen LogP contribution in [0.5, 0.6) is 0 Å². The molecule has 0 N–H and O–H groups in total. The molecule has 0 atom stereocenters. The summed E-state index contributed by atoms with van der Waals surface area (Å²) in [6, 6.07) is 6.18. The zero-order valence-corrected chi connectivity index (χ0v) is 9.25. The van der Waals surface area contributed by atoms with Crippen LogP contribution in [-0.2, 0) is 5.88 Å². The molecule has 0 radical (unpaired) electrons. The molecule has 0 unspecified atom stereocenters. The Balaban J connectivity index is 2.90. The number of rotatable bonds is 1. The third kappa shape index (κ3) is 1.30. The van der Waals surface area contributed by atoms with Crippen molar-refractivity contribution in [1.82, 2.24) is 0 Å². The summed E-state index contributed by atoms with van der Waals surface area (Å²) in [6.07, 6.45) is 0. The van der Waals surface area contributed by atoms with Crippen LogP contribution in [0.4, 0.5) is 0 Å². The maximum Gasteiger partial charge on any atom is 0.0995 e. The molecular weight excluding hydrogens is 214 g/mol. The first kappa shape index (κ1) is 9.51. The molecule has 0 aliphatic heterocycles. The maximum absolute atomic E-state index is 8.97. The highest BCUT2D eigenvalue weighted by Crippen LogP contribution is 2.31. The van der Waals surface area contributed by atoms with Gasteiger partial charge < -0.3 is 0 Å². The van der Waals surface area contributed by atoms with E-state index in [0.29, 0.717) is 11.4 Å². The van der Waals surface area contributed by atoms with Crippen LogP contribution >= 0.6 is 22.9 Å².